The summed E-state index contributed by atoms with van der Waals surface area (Å²) in [5.74, 6) is 0. The molecule has 0 bridgehead atoms. The van der Waals surface area contributed by atoms with E-state index in [0.29, 0.717) is 0 Å². The number of rotatable bonds is 5. The Bertz CT molecular complexity index is 2590. The lowest BCUT2D eigenvalue weighted by Crippen LogP contribution is -2.16. The summed E-state index contributed by atoms with van der Waals surface area (Å²) in [5.41, 5.74) is 18.8. The van der Waals surface area contributed by atoms with Gasteiger partial charge in [0.25, 0.3) is 0 Å². The molecule has 0 aliphatic rings. The van der Waals surface area contributed by atoms with E-state index in [2.05, 4.69) is 176 Å². The highest BCUT2D eigenvalue weighted by Gasteiger charge is 2.22. The molecule has 3 heteroatoms. The molecule has 0 radical (unpaired) electrons. The van der Waals surface area contributed by atoms with Crippen LogP contribution in [0, 0.1) is 13.8 Å². The molecule has 262 valence electrons. The van der Waals surface area contributed by atoms with Gasteiger partial charge in [0.1, 0.15) is 0 Å². The molecule has 53 heavy (non-hydrogen) atoms. The van der Waals surface area contributed by atoms with Crippen LogP contribution in [-0.4, -0.2) is 15.0 Å². The summed E-state index contributed by atoms with van der Waals surface area (Å²) >= 11 is 0. The van der Waals surface area contributed by atoms with E-state index in [1.54, 1.807) is 0 Å². The molecule has 0 unspecified atom stereocenters. The van der Waals surface area contributed by atoms with Crippen molar-refractivity contribution < 1.29 is 0 Å². The van der Waals surface area contributed by atoms with Crippen LogP contribution in [0.3, 0.4) is 0 Å². The predicted octanol–water partition coefficient (Wildman–Crippen LogP) is 13.7. The van der Waals surface area contributed by atoms with Crippen LogP contribution in [-0.2, 0) is 10.8 Å². The number of pyridine rings is 2. The number of hydrogen-bond acceptors (Lipinski definition) is 2. The van der Waals surface area contributed by atoms with Crippen molar-refractivity contribution in [3.05, 3.63) is 156 Å². The molecule has 0 saturated carbocycles. The second-order valence-corrected chi connectivity index (χ2v) is 16.6. The molecule has 0 atom stereocenters. The smallest absolute Gasteiger partial charge is 0.0729 e. The van der Waals surface area contributed by atoms with Crippen molar-refractivity contribution in [2.45, 2.75) is 66.2 Å². The Morgan fingerprint density at radius 3 is 1.66 bits per heavy atom. The van der Waals surface area contributed by atoms with Crippen molar-refractivity contribution in [3.8, 4) is 55.9 Å². The SMILES string of the molecule is Cc1cccc(C)c1-c1cc(-c2ccccn2)cc(-c2cccc3c2[nH]c2c(-c4cc(-c5cc(C(C)(C)C)cc(C(C)(C)C)c5)ccn4)cccc23)c1. The fourth-order valence-corrected chi connectivity index (χ4v) is 7.70. The van der Waals surface area contributed by atoms with Gasteiger partial charge in [0.05, 0.1) is 22.4 Å². The number of aromatic amines is 1. The van der Waals surface area contributed by atoms with E-state index in [-0.39, 0.29) is 10.8 Å². The lowest BCUT2D eigenvalue weighted by atomic mass is 9.79. The lowest BCUT2D eigenvalue weighted by Gasteiger charge is -2.26. The second kappa shape index (κ2) is 13.0. The van der Waals surface area contributed by atoms with Gasteiger partial charge in [0.15, 0.2) is 0 Å². The van der Waals surface area contributed by atoms with Gasteiger partial charge in [-0.2, -0.15) is 0 Å². The van der Waals surface area contributed by atoms with Gasteiger partial charge in [0, 0.05) is 39.9 Å². The average molecular weight is 690 g/mol. The van der Waals surface area contributed by atoms with E-state index < -0.39 is 0 Å². The van der Waals surface area contributed by atoms with Crippen LogP contribution in [0.5, 0.6) is 0 Å². The molecule has 0 aliphatic heterocycles. The molecule has 0 spiro atoms. The molecule has 3 aromatic heterocycles. The van der Waals surface area contributed by atoms with Crippen LogP contribution in [0.25, 0.3) is 77.7 Å². The number of aryl methyl sites for hydroxylation is 2. The molecule has 0 saturated heterocycles. The summed E-state index contributed by atoms with van der Waals surface area (Å²) in [5, 5.41) is 2.38. The second-order valence-electron chi connectivity index (χ2n) is 16.6. The minimum absolute atomic E-state index is 0.0379. The maximum Gasteiger partial charge on any atom is 0.0729 e. The van der Waals surface area contributed by atoms with E-state index in [9.17, 15) is 0 Å². The first-order valence-electron chi connectivity index (χ1n) is 18.6. The quantitative estimate of drug-likeness (QED) is 0.195. The van der Waals surface area contributed by atoms with Gasteiger partial charge in [-0.1, -0.05) is 120 Å². The molecule has 0 amide bonds. The Kier molecular flexibility index (Phi) is 8.41. The maximum absolute atomic E-state index is 4.96. The van der Waals surface area contributed by atoms with Crippen molar-refractivity contribution in [3.63, 3.8) is 0 Å². The van der Waals surface area contributed by atoms with Crippen LogP contribution >= 0.6 is 0 Å². The largest absolute Gasteiger partial charge is 0.353 e. The summed E-state index contributed by atoms with van der Waals surface area (Å²) in [6, 6.07) is 44.3. The third-order valence-corrected chi connectivity index (χ3v) is 10.7. The molecule has 8 aromatic rings. The summed E-state index contributed by atoms with van der Waals surface area (Å²) in [7, 11) is 0. The van der Waals surface area contributed by atoms with Gasteiger partial charge in [-0.15, -0.1) is 0 Å². The van der Waals surface area contributed by atoms with E-state index in [1.165, 1.54) is 55.3 Å². The number of aromatic nitrogens is 3. The van der Waals surface area contributed by atoms with E-state index >= 15 is 0 Å². The monoisotopic (exact) mass is 689 g/mol. The Morgan fingerprint density at radius 2 is 1.02 bits per heavy atom. The normalized spacial score (nSPS) is 12.2. The summed E-state index contributed by atoms with van der Waals surface area (Å²) in [6.45, 7) is 18.1. The van der Waals surface area contributed by atoms with Crippen molar-refractivity contribution in [2.24, 2.45) is 0 Å². The third-order valence-electron chi connectivity index (χ3n) is 10.7. The standard InChI is InChI=1S/C50H47N3/c1-31-14-11-15-32(2)46(31)37-25-35(24-36(26-37)44-20-9-10-22-51-44)40-16-12-17-41-42-18-13-19-43(48(42)53-47(40)41)45-29-33(21-23-52-45)34-27-38(49(3,4)5)30-39(28-34)50(6,7)8/h9-30,53H,1-8H3. The molecule has 0 fully saturated rings. The van der Waals surface area contributed by atoms with Crippen LogP contribution < -0.4 is 0 Å². The van der Waals surface area contributed by atoms with Crippen LogP contribution in [0.15, 0.2) is 134 Å². The predicted molar refractivity (Wildman–Crippen MR) is 225 cm³/mol. The van der Waals surface area contributed by atoms with Crippen LogP contribution in [0.4, 0.5) is 0 Å². The summed E-state index contributed by atoms with van der Waals surface area (Å²) < 4.78 is 0. The number of fused-ring (bicyclic) bond motifs is 3. The zero-order valence-corrected chi connectivity index (χ0v) is 32.1. The van der Waals surface area contributed by atoms with E-state index in [1.807, 2.05) is 18.5 Å². The van der Waals surface area contributed by atoms with Crippen molar-refractivity contribution in [1.82, 2.24) is 15.0 Å². The van der Waals surface area contributed by atoms with Gasteiger partial charge in [-0.05, 0) is 117 Å². The Morgan fingerprint density at radius 1 is 0.434 bits per heavy atom. The molecule has 3 heterocycles. The first-order valence-corrected chi connectivity index (χ1v) is 18.6. The van der Waals surface area contributed by atoms with Crippen LogP contribution in [0.2, 0.25) is 0 Å². The first kappa shape index (κ1) is 34.3. The zero-order chi connectivity index (χ0) is 37.1. The molecule has 8 rings (SSSR count). The highest BCUT2D eigenvalue weighted by atomic mass is 14.7. The number of H-pyrrole nitrogens is 1. The Labute approximate surface area is 313 Å². The number of nitrogens with one attached hydrogen (secondary N) is 1. The molecule has 5 aromatic carbocycles. The lowest BCUT2D eigenvalue weighted by molar-refractivity contribution is 0.569. The van der Waals surface area contributed by atoms with Crippen molar-refractivity contribution >= 4 is 21.8 Å². The van der Waals surface area contributed by atoms with Crippen LogP contribution in [0.1, 0.15) is 63.8 Å². The number of benzene rings is 5. The Balaban J connectivity index is 1.30. The molecule has 1 N–H and O–H groups in total. The molecule has 0 aliphatic carbocycles. The molecule has 3 nitrogen and oxygen atoms in total. The molecular formula is C50H47N3. The highest BCUT2D eigenvalue weighted by Crippen LogP contribution is 2.41. The fraction of sp³-hybridized carbons (Fsp3) is 0.200. The fourth-order valence-electron chi connectivity index (χ4n) is 7.70. The minimum Gasteiger partial charge on any atom is -0.353 e. The van der Waals surface area contributed by atoms with Gasteiger partial charge in [-0.25, -0.2) is 0 Å². The number of hydrogen-bond donors (Lipinski definition) is 1. The maximum atomic E-state index is 4.96. The third kappa shape index (κ3) is 6.46. The van der Waals surface area contributed by atoms with E-state index in [4.69, 9.17) is 9.97 Å². The van der Waals surface area contributed by atoms with Gasteiger partial charge >= 0.3 is 0 Å². The first-order chi connectivity index (χ1) is 25.3. The summed E-state index contributed by atoms with van der Waals surface area (Å²) in [6.07, 6.45) is 3.82. The summed E-state index contributed by atoms with van der Waals surface area (Å²) in [4.78, 5) is 13.6. The average Bonchev–Trinajstić information content (AvgIpc) is 3.53. The number of para-hydroxylation sites is 2. The van der Waals surface area contributed by atoms with Crippen molar-refractivity contribution in [2.75, 3.05) is 0 Å². The van der Waals surface area contributed by atoms with Gasteiger partial charge in [0.2, 0.25) is 0 Å². The Hall–Kier alpha value is -5.80. The van der Waals surface area contributed by atoms with Gasteiger partial charge in [-0.3, -0.25) is 9.97 Å². The highest BCUT2D eigenvalue weighted by molar-refractivity contribution is 6.15. The van der Waals surface area contributed by atoms with E-state index in [0.717, 1.165) is 44.7 Å². The molecular weight excluding hydrogens is 643 g/mol. The topological polar surface area (TPSA) is 41.6 Å². The minimum atomic E-state index is 0.0379. The van der Waals surface area contributed by atoms with Gasteiger partial charge < -0.3 is 4.98 Å². The number of nitrogens with zero attached hydrogens (tertiary/aromatic N) is 2. The van der Waals surface area contributed by atoms with Crippen molar-refractivity contribution in [1.29, 1.82) is 0 Å². The zero-order valence-electron chi connectivity index (χ0n) is 32.1.